The van der Waals surface area contributed by atoms with Gasteiger partial charge in [-0.05, 0) is 104 Å². The van der Waals surface area contributed by atoms with Gasteiger partial charge in [0.05, 0.1) is 11.1 Å². The second-order valence-corrected chi connectivity index (χ2v) is 11.3. The number of carboxylic acids is 1. The van der Waals surface area contributed by atoms with E-state index in [2.05, 4.69) is 10.6 Å². The fraction of sp³-hybridized carbons (Fsp3) is 0.222. The molecule has 7 nitrogen and oxygen atoms in total. The molecule has 0 saturated heterocycles. The first-order chi connectivity index (χ1) is 21.5. The molecule has 0 fully saturated rings. The maximum atomic E-state index is 14.7. The molecule has 1 unspecified atom stereocenters. The zero-order chi connectivity index (χ0) is 34.1. The van der Waals surface area contributed by atoms with Gasteiger partial charge in [-0.3, -0.25) is 14.4 Å². The maximum Gasteiger partial charge on any atom is 0.399 e. The number of hydrogen-bond donors (Lipinski definition) is 3. The van der Waals surface area contributed by atoms with Gasteiger partial charge >= 0.3 is 12.1 Å². The largest absolute Gasteiger partial charge is 0.478 e. The molecule has 0 aliphatic heterocycles. The number of aromatic carboxylic acids is 1. The van der Waals surface area contributed by atoms with E-state index < -0.39 is 35.7 Å². The number of alkyl halides is 3. The van der Waals surface area contributed by atoms with Crippen LogP contribution < -0.4 is 10.6 Å². The van der Waals surface area contributed by atoms with Crippen molar-refractivity contribution in [2.45, 2.75) is 46.7 Å². The standard InChI is InChI=1S/C36H33F3N2O5/c1-18-12-19(2)29(20(3)13-18)31(36(37,38)39)30-21(4)14-26(15-22(30)5)41-34(44)28-17-24(10-11-27(28)35(45)46)32(42)23-8-7-9-25(16-23)33(43)40-6/h7-17,31H,1-6H3,(H,40,43)(H,41,44)(H,45,46). The number of hydrogen-bond acceptors (Lipinski definition) is 4. The van der Waals surface area contributed by atoms with E-state index in [9.17, 15) is 37.5 Å². The Labute approximate surface area is 264 Å². The van der Waals surface area contributed by atoms with Gasteiger partial charge in [0, 0.05) is 29.4 Å². The highest BCUT2D eigenvalue weighted by Gasteiger charge is 2.44. The van der Waals surface area contributed by atoms with Crippen molar-refractivity contribution in [3.8, 4) is 0 Å². The maximum absolute atomic E-state index is 14.7. The Balaban J connectivity index is 1.72. The summed E-state index contributed by atoms with van der Waals surface area (Å²) in [5, 5.41) is 14.8. The van der Waals surface area contributed by atoms with Crippen molar-refractivity contribution in [3.05, 3.63) is 133 Å². The number of anilines is 1. The number of halogens is 3. The van der Waals surface area contributed by atoms with Gasteiger partial charge < -0.3 is 15.7 Å². The number of benzene rings is 4. The number of carboxylic acid groups (broad SMARTS) is 1. The number of aryl methyl sites for hydroxylation is 5. The molecule has 4 rings (SSSR count). The Hall–Kier alpha value is -5.25. The molecular formula is C36H33F3N2O5. The topological polar surface area (TPSA) is 113 Å². The molecule has 238 valence electrons. The van der Waals surface area contributed by atoms with E-state index in [0.717, 1.165) is 17.7 Å². The minimum Gasteiger partial charge on any atom is -0.478 e. The van der Waals surface area contributed by atoms with E-state index in [1.165, 1.54) is 63.4 Å². The summed E-state index contributed by atoms with van der Waals surface area (Å²) in [6, 6.07) is 15.7. The van der Waals surface area contributed by atoms with Crippen LogP contribution in [0.25, 0.3) is 0 Å². The van der Waals surface area contributed by atoms with Crippen LogP contribution in [0.5, 0.6) is 0 Å². The summed E-state index contributed by atoms with van der Waals surface area (Å²) in [5.41, 5.74) is 2.57. The van der Waals surface area contributed by atoms with Crippen LogP contribution in [0.2, 0.25) is 0 Å². The Morgan fingerprint density at radius 1 is 0.674 bits per heavy atom. The van der Waals surface area contributed by atoms with Gasteiger partial charge in [-0.25, -0.2) is 4.79 Å². The first-order valence-corrected chi connectivity index (χ1v) is 14.3. The summed E-state index contributed by atoms with van der Waals surface area (Å²) >= 11 is 0. The first kappa shape index (κ1) is 33.6. The van der Waals surface area contributed by atoms with Crippen LogP contribution >= 0.6 is 0 Å². The molecule has 0 bridgehead atoms. The smallest absolute Gasteiger partial charge is 0.399 e. The minimum atomic E-state index is -4.60. The van der Waals surface area contributed by atoms with Gasteiger partial charge in [0.1, 0.15) is 5.92 Å². The summed E-state index contributed by atoms with van der Waals surface area (Å²) in [7, 11) is 1.45. The van der Waals surface area contributed by atoms with Crippen LogP contribution in [0.3, 0.4) is 0 Å². The molecule has 0 radical (unpaired) electrons. The predicted octanol–water partition coefficient (Wildman–Crippen LogP) is 7.46. The van der Waals surface area contributed by atoms with E-state index in [4.69, 9.17) is 0 Å². The average molecular weight is 631 g/mol. The minimum absolute atomic E-state index is 0.00349. The number of amides is 2. The fourth-order valence-corrected chi connectivity index (χ4v) is 5.99. The lowest BCUT2D eigenvalue weighted by Crippen LogP contribution is -2.26. The summed E-state index contributed by atoms with van der Waals surface area (Å²) in [5.74, 6) is -5.13. The lowest BCUT2D eigenvalue weighted by molar-refractivity contribution is -0.141. The lowest BCUT2D eigenvalue weighted by Gasteiger charge is -2.28. The Morgan fingerprint density at radius 3 is 1.72 bits per heavy atom. The van der Waals surface area contributed by atoms with Crippen molar-refractivity contribution in [2.75, 3.05) is 12.4 Å². The zero-order valence-corrected chi connectivity index (χ0v) is 26.1. The third-order valence-electron chi connectivity index (χ3n) is 7.87. The molecule has 0 heterocycles. The third-order valence-corrected chi connectivity index (χ3v) is 7.87. The fourth-order valence-electron chi connectivity index (χ4n) is 5.99. The third kappa shape index (κ3) is 6.86. The Morgan fingerprint density at radius 2 is 1.20 bits per heavy atom. The SMILES string of the molecule is CNC(=O)c1cccc(C(=O)c2ccc(C(=O)O)c(C(=O)Nc3cc(C)c(C(c4c(C)cc(C)cc4C)C(F)(F)F)c(C)c3)c2)c1. The molecule has 0 spiro atoms. The molecule has 2 amide bonds. The normalized spacial score (nSPS) is 11.9. The highest BCUT2D eigenvalue weighted by Crippen LogP contribution is 2.45. The number of ketones is 1. The molecule has 0 aliphatic rings. The van der Waals surface area contributed by atoms with Gasteiger partial charge in [-0.15, -0.1) is 0 Å². The molecule has 3 N–H and O–H groups in total. The van der Waals surface area contributed by atoms with Gasteiger partial charge in [0.25, 0.3) is 11.8 Å². The predicted molar refractivity (Wildman–Crippen MR) is 169 cm³/mol. The molecule has 4 aromatic carbocycles. The molecule has 10 heteroatoms. The molecule has 46 heavy (non-hydrogen) atoms. The Kier molecular flexibility index (Phi) is 9.51. The van der Waals surface area contributed by atoms with Crippen LogP contribution in [0.1, 0.15) is 91.9 Å². The van der Waals surface area contributed by atoms with E-state index in [1.54, 1.807) is 26.0 Å². The highest BCUT2D eigenvalue weighted by atomic mass is 19.4. The van der Waals surface area contributed by atoms with E-state index in [0.29, 0.717) is 11.1 Å². The van der Waals surface area contributed by atoms with Crippen molar-refractivity contribution < 1.29 is 37.5 Å². The summed E-state index contributed by atoms with van der Waals surface area (Å²) < 4.78 is 44.1. The van der Waals surface area contributed by atoms with Crippen molar-refractivity contribution in [1.82, 2.24) is 5.32 Å². The van der Waals surface area contributed by atoms with E-state index in [-0.39, 0.29) is 55.8 Å². The van der Waals surface area contributed by atoms with Crippen molar-refractivity contribution in [1.29, 1.82) is 0 Å². The van der Waals surface area contributed by atoms with Crippen LogP contribution in [0.4, 0.5) is 18.9 Å². The number of carbonyl (C=O) groups is 4. The Bertz CT molecular complexity index is 1850. The quantitative estimate of drug-likeness (QED) is 0.175. The summed E-state index contributed by atoms with van der Waals surface area (Å²) in [6.07, 6.45) is -4.60. The van der Waals surface area contributed by atoms with Gasteiger partial charge in [0.2, 0.25) is 0 Å². The highest BCUT2D eigenvalue weighted by molar-refractivity contribution is 6.15. The van der Waals surface area contributed by atoms with Crippen molar-refractivity contribution in [3.63, 3.8) is 0 Å². The van der Waals surface area contributed by atoms with Crippen molar-refractivity contribution in [2.24, 2.45) is 0 Å². The number of rotatable bonds is 8. The van der Waals surface area contributed by atoms with Crippen molar-refractivity contribution >= 4 is 29.3 Å². The van der Waals surface area contributed by atoms with E-state index in [1.807, 2.05) is 6.92 Å². The second-order valence-electron chi connectivity index (χ2n) is 11.3. The molecule has 1 atom stereocenters. The van der Waals surface area contributed by atoms with Gasteiger partial charge in [0.15, 0.2) is 5.78 Å². The van der Waals surface area contributed by atoms with Crippen LogP contribution in [0.15, 0.2) is 66.7 Å². The zero-order valence-electron chi connectivity index (χ0n) is 26.1. The van der Waals surface area contributed by atoms with Crippen LogP contribution in [-0.2, 0) is 0 Å². The monoisotopic (exact) mass is 630 g/mol. The van der Waals surface area contributed by atoms with Crippen LogP contribution in [-0.4, -0.2) is 41.9 Å². The number of carbonyl (C=O) groups excluding carboxylic acids is 3. The lowest BCUT2D eigenvalue weighted by atomic mass is 9.80. The first-order valence-electron chi connectivity index (χ1n) is 14.3. The summed E-state index contributed by atoms with van der Waals surface area (Å²) in [6.45, 7) is 8.21. The van der Waals surface area contributed by atoms with Gasteiger partial charge in [-0.2, -0.15) is 13.2 Å². The molecule has 0 saturated carbocycles. The molecule has 0 aromatic heterocycles. The molecule has 4 aromatic rings. The number of nitrogens with one attached hydrogen (secondary N) is 2. The summed E-state index contributed by atoms with van der Waals surface area (Å²) in [4.78, 5) is 50.8. The van der Waals surface area contributed by atoms with Gasteiger partial charge in [-0.1, -0.05) is 35.9 Å². The average Bonchev–Trinajstić information content (AvgIpc) is 2.97. The molecular weight excluding hydrogens is 597 g/mol. The molecule has 0 aliphatic carbocycles. The second kappa shape index (κ2) is 13.0. The van der Waals surface area contributed by atoms with E-state index >= 15 is 0 Å². The van der Waals surface area contributed by atoms with Crippen LogP contribution in [0, 0.1) is 34.6 Å².